The Kier molecular flexibility index (Phi) is 6.43. The van der Waals surface area contributed by atoms with E-state index in [-0.39, 0.29) is 28.3 Å². The number of hydrogen-bond donors (Lipinski definition) is 1. The summed E-state index contributed by atoms with van der Waals surface area (Å²) in [4.78, 5) is 11.9. The zero-order valence-electron chi connectivity index (χ0n) is 14.5. The van der Waals surface area contributed by atoms with Gasteiger partial charge in [0.25, 0.3) is 0 Å². The van der Waals surface area contributed by atoms with Gasteiger partial charge in [0.05, 0.1) is 17.6 Å². The summed E-state index contributed by atoms with van der Waals surface area (Å²) in [6, 6.07) is 3.05. The number of esters is 1. The number of methoxy groups -OCH3 is 1. The molecule has 0 aliphatic carbocycles. The Morgan fingerprint density at radius 2 is 2.00 bits per heavy atom. The Labute approximate surface area is 149 Å². The smallest absolute Gasteiger partial charge is 0.337 e. The zero-order valence-corrected chi connectivity index (χ0v) is 16.1. The fourth-order valence-electron chi connectivity index (χ4n) is 2.82. The lowest BCUT2D eigenvalue weighted by atomic mass is 9.90. The molecule has 1 fully saturated rings. The number of sulfonamides is 1. The van der Waals surface area contributed by atoms with Crippen molar-refractivity contribution in [1.29, 1.82) is 0 Å². The number of ether oxygens (including phenoxy) is 1. The second kappa shape index (κ2) is 7.39. The Morgan fingerprint density at radius 3 is 2.50 bits per heavy atom. The molecule has 1 aromatic carbocycles. The fourth-order valence-corrected chi connectivity index (χ4v) is 4.74. The Hall–Kier alpha value is -1.15. The third-order valence-corrected chi connectivity index (χ3v) is 6.65. The molecular formula is C16H25ClN2O4S. The molecule has 6 nitrogen and oxygen atoms in total. The van der Waals surface area contributed by atoms with Gasteiger partial charge >= 0.3 is 5.97 Å². The highest BCUT2D eigenvalue weighted by atomic mass is 35.5. The van der Waals surface area contributed by atoms with Crippen LogP contribution in [0, 0.1) is 19.3 Å². The van der Waals surface area contributed by atoms with E-state index < -0.39 is 16.0 Å². The summed E-state index contributed by atoms with van der Waals surface area (Å²) in [6.45, 7) is 6.81. The van der Waals surface area contributed by atoms with E-state index in [1.165, 1.54) is 17.5 Å². The van der Waals surface area contributed by atoms with Crippen molar-refractivity contribution in [3.05, 3.63) is 28.8 Å². The van der Waals surface area contributed by atoms with E-state index in [0.717, 1.165) is 12.0 Å². The summed E-state index contributed by atoms with van der Waals surface area (Å²) >= 11 is 0. The molecule has 1 aromatic rings. The maximum Gasteiger partial charge on any atom is 0.337 e. The number of benzene rings is 1. The summed E-state index contributed by atoms with van der Waals surface area (Å²) in [5.74, 6) is -0.544. The molecule has 1 aliphatic rings. The second-order valence-corrected chi connectivity index (χ2v) is 8.42. The standard InChI is InChI=1S/C16H24N2O4S.ClH/c1-11-7-13(15(19)22-4)8-14(12(11)2)23(20,21)18-6-5-16(3,9-17)10-18;/h7-8H,5-6,9-10,17H2,1-4H3;1H. The van der Waals surface area contributed by atoms with Crippen molar-refractivity contribution in [1.82, 2.24) is 4.31 Å². The molecule has 1 unspecified atom stereocenters. The van der Waals surface area contributed by atoms with Gasteiger partial charge < -0.3 is 10.5 Å². The highest BCUT2D eigenvalue weighted by Gasteiger charge is 2.39. The molecule has 136 valence electrons. The van der Waals surface area contributed by atoms with Gasteiger partial charge in [-0.05, 0) is 55.5 Å². The average molecular weight is 377 g/mol. The molecule has 0 saturated carbocycles. The van der Waals surface area contributed by atoms with Crippen LogP contribution in [-0.2, 0) is 14.8 Å². The van der Waals surface area contributed by atoms with Crippen LogP contribution in [0.25, 0.3) is 0 Å². The Balaban J connectivity index is 0.00000288. The molecule has 8 heteroatoms. The largest absolute Gasteiger partial charge is 0.465 e. The minimum Gasteiger partial charge on any atom is -0.465 e. The molecule has 1 saturated heterocycles. The second-order valence-electron chi connectivity index (χ2n) is 6.51. The lowest BCUT2D eigenvalue weighted by molar-refractivity contribution is 0.0600. The van der Waals surface area contributed by atoms with Crippen LogP contribution < -0.4 is 5.73 Å². The van der Waals surface area contributed by atoms with Crippen molar-refractivity contribution in [3.63, 3.8) is 0 Å². The van der Waals surface area contributed by atoms with Crippen LogP contribution in [0.5, 0.6) is 0 Å². The number of hydrogen-bond acceptors (Lipinski definition) is 5. The molecule has 0 amide bonds. The van der Waals surface area contributed by atoms with Crippen molar-refractivity contribution in [2.45, 2.75) is 32.1 Å². The molecule has 0 bridgehead atoms. The topological polar surface area (TPSA) is 89.7 Å². The molecule has 0 aromatic heterocycles. The van der Waals surface area contributed by atoms with Gasteiger partial charge in [-0.3, -0.25) is 0 Å². The molecule has 1 atom stereocenters. The number of rotatable bonds is 4. The first kappa shape index (κ1) is 20.9. The lowest BCUT2D eigenvalue weighted by Gasteiger charge is -2.23. The summed E-state index contributed by atoms with van der Waals surface area (Å²) < 4.78 is 32.2. The molecule has 1 aliphatic heterocycles. The average Bonchev–Trinajstić information content (AvgIpc) is 2.92. The summed E-state index contributed by atoms with van der Waals surface area (Å²) in [7, 11) is -2.39. The predicted octanol–water partition coefficient (Wildman–Crippen LogP) is 1.87. The minimum atomic E-state index is -3.67. The van der Waals surface area contributed by atoms with Crippen LogP contribution in [0.2, 0.25) is 0 Å². The predicted molar refractivity (Wildman–Crippen MR) is 95.0 cm³/mol. The van der Waals surface area contributed by atoms with Crippen molar-refractivity contribution in [2.75, 3.05) is 26.7 Å². The number of nitrogens with zero attached hydrogens (tertiary/aromatic N) is 1. The summed E-state index contributed by atoms with van der Waals surface area (Å²) in [5.41, 5.74) is 7.21. The quantitative estimate of drug-likeness (QED) is 0.810. The van der Waals surface area contributed by atoms with E-state index in [2.05, 4.69) is 0 Å². The van der Waals surface area contributed by atoms with Gasteiger partial charge in [-0.15, -0.1) is 12.4 Å². The first-order valence-electron chi connectivity index (χ1n) is 7.54. The highest BCUT2D eigenvalue weighted by molar-refractivity contribution is 7.89. The Morgan fingerprint density at radius 1 is 1.38 bits per heavy atom. The van der Waals surface area contributed by atoms with Crippen LogP contribution in [0.1, 0.15) is 34.8 Å². The van der Waals surface area contributed by atoms with Crippen LogP contribution in [0.3, 0.4) is 0 Å². The third-order valence-electron chi connectivity index (χ3n) is 4.67. The van der Waals surface area contributed by atoms with E-state index in [1.54, 1.807) is 19.9 Å². The number of carbonyl (C=O) groups excluding carboxylic acids is 1. The van der Waals surface area contributed by atoms with Crippen LogP contribution >= 0.6 is 12.4 Å². The molecule has 0 radical (unpaired) electrons. The Bertz CT molecular complexity index is 736. The van der Waals surface area contributed by atoms with Gasteiger partial charge in [0.2, 0.25) is 10.0 Å². The van der Waals surface area contributed by atoms with Gasteiger partial charge in [-0.2, -0.15) is 4.31 Å². The van der Waals surface area contributed by atoms with Gasteiger partial charge in [-0.1, -0.05) is 6.92 Å². The number of carbonyl (C=O) groups is 1. The van der Waals surface area contributed by atoms with E-state index in [9.17, 15) is 13.2 Å². The molecule has 1 heterocycles. The van der Waals surface area contributed by atoms with Crippen molar-refractivity contribution >= 4 is 28.4 Å². The van der Waals surface area contributed by atoms with Gasteiger partial charge in [0.1, 0.15) is 0 Å². The van der Waals surface area contributed by atoms with Crippen molar-refractivity contribution < 1.29 is 17.9 Å². The van der Waals surface area contributed by atoms with Crippen molar-refractivity contribution in [3.8, 4) is 0 Å². The molecule has 2 rings (SSSR count). The van der Waals surface area contributed by atoms with Crippen molar-refractivity contribution in [2.24, 2.45) is 11.1 Å². The monoisotopic (exact) mass is 376 g/mol. The fraction of sp³-hybridized carbons (Fsp3) is 0.562. The highest BCUT2D eigenvalue weighted by Crippen LogP contribution is 2.34. The first-order chi connectivity index (χ1) is 10.6. The lowest BCUT2D eigenvalue weighted by Crippen LogP contribution is -2.35. The summed E-state index contributed by atoms with van der Waals surface area (Å²) in [5, 5.41) is 0. The number of nitrogens with two attached hydrogens (primary N) is 1. The molecular weight excluding hydrogens is 352 g/mol. The van der Waals surface area contributed by atoms with Crippen LogP contribution in [-0.4, -0.2) is 45.4 Å². The number of halogens is 1. The maximum absolute atomic E-state index is 13.0. The zero-order chi connectivity index (χ0) is 17.4. The molecule has 24 heavy (non-hydrogen) atoms. The van der Waals surface area contributed by atoms with Gasteiger partial charge in [0, 0.05) is 13.1 Å². The van der Waals surface area contributed by atoms with Crippen LogP contribution in [0.15, 0.2) is 17.0 Å². The van der Waals surface area contributed by atoms with E-state index in [1.807, 2.05) is 6.92 Å². The minimum absolute atomic E-state index is 0. The van der Waals surface area contributed by atoms with E-state index in [4.69, 9.17) is 10.5 Å². The number of aryl methyl sites for hydroxylation is 1. The molecule has 2 N–H and O–H groups in total. The normalized spacial score (nSPS) is 21.4. The third kappa shape index (κ3) is 3.74. The summed E-state index contributed by atoms with van der Waals surface area (Å²) in [6.07, 6.45) is 0.734. The maximum atomic E-state index is 13.0. The first-order valence-corrected chi connectivity index (χ1v) is 8.98. The van der Waals surface area contributed by atoms with Crippen LogP contribution in [0.4, 0.5) is 0 Å². The van der Waals surface area contributed by atoms with Gasteiger partial charge in [-0.25, -0.2) is 13.2 Å². The van der Waals surface area contributed by atoms with E-state index in [0.29, 0.717) is 25.2 Å². The van der Waals surface area contributed by atoms with Gasteiger partial charge in [0.15, 0.2) is 0 Å². The molecule has 0 spiro atoms. The SMILES string of the molecule is COC(=O)c1cc(C)c(C)c(S(=O)(=O)N2CCC(C)(CN)C2)c1.Cl. The van der Waals surface area contributed by atoms with E-state index >= 15 is 0 Å².